The monoisotopic (exact) mass is 282 g/mol. The minimum absolute atomic E-state index is 0.0553. The molecule has 2 aliphatic heterocycles. The van der Waals surface area contributed by atoms with E-state index in [0.29, 0.717) is 24.0 Å². The first-order valence-electron chi connectivity index (χ1n) is 6.98. The van der Waals surface area contributed by atoms with E-state index in [1.807, 2.05) is 30.4 Å². The normalized spacial score (nSPS) is 23.1. The lowest BCUT2D eigenvalue weighted by Gasteiger charge is -2.23. The second-order valence-corrected chi connectivity index (χ2v) is 5.53. The molecule has 0 unspecified atom stereocenters. The largest absolute Gasteiger partial charge is 0.493 e. The molecule has 106 valence electrons. The number of aromatic nitrogens is 2. The number of allylic oxidation sites excluding steroid dienone is 2. The van der Waals surface area contributed by atoms with Crippen molar-refractivity contribution in [1.82, 2.24) is 9.36 Å². The van der Waals surface area contributed by atoms with Gasteiger partial charge in [-0.05, 0) is 5.56 Å². The minimum Gasteiger partial charge on any atom is -0.493 e. The van der Waals surface area contributed by atoms with Crippen LogP contribution in [0, 0.1) is 0 Å². The van der Waals surface area contributed by atoms with Crippen molar-refractivity contribution in [2.45, 2.75) is 24.9 Å². The van der Waals surface area contributed by atoms with Gasteiger partial charge >= 0.3 is 0 Å². The molecule has 2 bridgehead atoms. The first-order valence-corrected chi connectivity index (χ1v) is 6.98. The van der Waals surface area contributed by atoms with Gasteiger partial charge in [0.1, 0.15) is 11.3 Å². The summed E-state index contributed by atoms with van der Waals surface area (Å²) in [7, 11) is 0. The van der Waals surface area contributed by atoms with E-state index in [0.717, 1.165) is 0 Å². The summed E-state index contributed by atoms with van der Waals surface area (Å²) in [6.07, 6.45) is 4.43. The van der Waals surface area contributed by atoms with Crippen LogP contribution < -0.4 is 5.56 Å². The molecule has 2 aromatic rings. The van der Waals surface area contributed by atoms with Crippen molar-refractivity contribution in [3.05, 3.63) is 52.8 Å². The smallest absolute Gasteiger partial charge is 0.279 e. The fourth-order valence-electron chi connectivity index (χ4n) is 3.29. The highest BCUT2D eigenvalue weighted by molar-refractivity contribution is 5.81. The maximum Gasteiger partial charge on any atom is 0.279 e. The second-order valence-electron chi connectivity index (χ2n) is 5.53. The first kappa shape index (κ1) is 12.2. The van der Waals surface area contributed by atoms with E-state index >= 15 is 0 Å². The average Bonchev–Trinajstić information content (AvgIpc) is 2.62. The summed E-state index contributed by atoms with van der Waals surface area (Å²) < 4.78 is 3.09. The van der Waals surface area contributed by atoms with E-state index in [2.05, 4.69) is 0 Å². The number of carbonyl (C=O) groups excluding carboxylic acids is 1. The Morgan fingerprint density at radius 3 is 2.24 bits per heavy atom. The Labute approximate surface area is 120 Å². The summed E-state index contributed by atoms with van der Waals surface area (Å²) in [5.74, 6) is 0.0616. The summed E-state index contributed by atoms with van der Waals surface area (Å²) in [5.41, 5.74) is 0.759. The maximum absolute atomic E-state index is 12.7. The molecule has 0 fully saturated rings. The molecule has 5 rings (SSSR count). The van der Waals surface area contributed by atoms with E-state index < -0.39 is 0 Å². The number of rotatable bonds is 1. The van der Waals surface area contributed by atoms with Crippen LogP contribution in [0.25, 0.3) is 11.1 Å². The van der Waals surface area contributed by atoms with Crippen molar-refractivity contribution in [2.24, 2.45) is 0 Å². The molecule has 0 radical (unpaired) electrons. The van der Waals surface area contributed by atoms with Crippen LogP contribution in [0.15, 0.2) is 47.3 Å². The molecular weight excluding hydrogens is 268 g/mol. The van der Waals surface area contributed by atoms with Gasteiger partial charge in [0.2, 0.25) is 5.88 Å². The maximum atomic E-state index is 12.7. The van der Waals surface area contributed by atoms with Crippen LogP contribution in [0.4, 0.5) is 0 Å². The SMILES string of the molecule is O=C1C[C@H]2C=C[C@H](C1)n1c(=O)c(-c3ccccc3)c(O)n12. The molecule has 0 saturated heterocycles. The van der Waals surface area contributed by atoms with Gasteiger partial charge in [-0.1, -0.05) is 42.5 Å². The number of benzene rings is 1. The van der Waals surface area contributed by atoms with Gasteiger partial charge in [0.15, 0.2) is 0 Å². The van der Waals surface area contributed by atoms with Gasteiger partial charge in [-0.15, -0.1) is 0 Å². The first-order chi connectivity index (χ1) is 10.2. The van der Waals surface area contributed by atoms with Crippen molar-refractivity contribution in [3.8, 4) is 17.0 Å². The highest BCUT2D eigenvalue weighted by Gasteiger charge is 2.35. The van der Waals surface area contributed by atoms with Crippen molar-refractivity contribution in [1.29, 1.82) is 0 Å². The molecule has 1 N–H and O–H groups in total. The van der Waals surface area contributed by atoms with E-state index in [4.69, 9.17) is 0 Å². The van der Waals surface area contributed by atoms with Crippen molar-refractivity contribution in [2.75, 3.05) is 0 Å². The standard InChI is InChI=1S/C16H14N2O3/c19-13-8-11-6-7-12(9-13)18-16(21)14(15(20)17(11)18)10-4-2-1-3-5-10/h1-7,11-12,20H,8-9H2/t11-,12-/m1/s1. The molecule has 3 heterocycles. The predicted molar refractivity (Wildman–Crippen MR) is 77.2 cm³/mol. The van der Waals surface area contributed by atoms with Gasteiger partial charge < -0.3 is 5.11 Å². The molecule has 21 heavy (non-hydrogen) atoms. The highest BCUT2D eigenvalue weighted by Crippen LogP contribution is 2.38. The number of aromatic hydroxyl groups is 1. The van der Waals surface area contributed by atoms with Crippen LogP contribution in [0.5, 0.6) is 5.88 Å². The number of nitrogens with zero attached hydrogens (tertiary/aromatic N) is 2. The molecule has 1 aromatic heterocycles. The highest BCUT2D eigenvalue weighted by atomic mass is 16.3. The molecule has 3 aliphatic rings. The van der Waals surface area contributed by atoms with Gasteiger partial charge in [0, 0.05) is 12.8 Å². The lowest BCUT2D eigenvalue weighted by atomic mass is 10.1. The Kier molecular flexibility index (Phi) is 2.45. The van der Waals surface area contributed by atoms with Crippen LogP contribution in [-0.2, 0) is 4.79 Å². The van der Waals surface area contributed by atoms with E-state index in [9.17, 15) is 14.7 Å². The van der Waals surface area contributed by atoms with Gasteiger partial charge in [-0.25, -0.2) is 9.36 Å². The second kappa shape index (κ2) is 4.22. The van der Waals surface area contributed by atoms with Gasteiger partial charge in [0.25, 0.3) is 5.56 Å². The van der Waals surface area contributed by atoms with Crippen LogP contribution in [0.2, 0.25) is 0 Å². The molecule has 0 saturated carbocycles. The Bertz CT molecular complexity index is 814. The quantitative estimate of drug-likeness (QED) is 0.814. The van der Waals surface area contributed by atoms with Gasteiger partial charge in [0.05, 0.1) is 12.1 Å². The van der Waals surface area contributed by atoms with Crippen LogP contribution in [0.3, 0.4) is 0 Å². The third kappa shape index (κ3) is 1.63. The third-order valence-corrected chi connectivity index (χ3v) is 4.21. The lowest BCUT2D eigenvalue weighted by molar-refractivity contribution is -0.119. The van der Waals surface area contributed by atoms with E-state index in [1.165, 1.54) is 4.68 Å². The zero-order valence-corrected chi connectivity index (χ0v) is 11.3. The molecule has 0 spiro atoms. The number of fused-ring (bicyclic) bond motifs is 2. The third-order valence-electron chi connectivity index (χ3n) is 4.21. The molecule has 5 nitrogen and oxygen atoms in total. The van der Waals surface area contributed by atoms with E-state index in [1.54, 1.807) is 16.8 Å². The molecule has 1 aromatic carbocycles. The van der Waals surface area contributed by atoms with E-state index in [-0.39, 0.29) is 29.3 Å². The van der Waals surface area contributed by atoms with Crippen LogP contribution in [0.1, 0.15) is 24.9 Å². The number of ketones is 1. The Morgan fingerprint density at radius 2 is 1.57 bits per heavy atom. The topological polar surface area (TPSA) is 64.2 Å². The summed E-state index contributed by atoms with van der Waals surface area (Å²) in [4.78, 5) is 24.6. The number of hydrogen-bond donors (Lipinski definition) is 1. The minimum atomic E-state index is -0.299. The van der Waals surface area contributed by atoms with Crippen LogP contribution in [-0.4, -0.2) is 20.3 Å². The fourth-order valence-corrected chi connectivity index (χ4v) is 3.29. The zero-order valence-electron chi connectivity index (χ0n) is 11.3. The molecule has 0 amide bonds. The van der Waals surface area contributed by atoms with Crippen LogP contribution >= 0.6 is 0 Å². The Balaban J connectivity index is 1.99. The molecule has 1 aliphatic carbocycles. The fraction of sp³-hybridized carbons (Fsp3) is 0.250. The number of hydrogen-bond acceptors (Lipinski definition) is 3. The number of carbonyl (C=O) groups is 1. The molecule has 2 atom stereocenters. The molecule has 5 heteroatoms. The summed E-state index contributed by atoms with van der Waals surface area (Å²) in [6, 6.07) is 8.56. The zero-order chi connectivity index (χ0) is 14.6. The lowest BCUT2D eigenvalue weighted by Crippen LogP contribution is -2.29. The van der Waals surface area contributed by atoms with Crippen molar-refractivity contribution >= 4 is 5.78 Å². The summed E-state index contributed by atoms with van der Waals surface area (Å²) in [6.45, 7) is 0. The van der Waals surface area contributed by atoms with Gasteiger partial charge in [-0.3, -0.25) is 9.59 Å². The summed E-state index contributed by atoms with van der Waals surface area (Å²) >= 11 is 0. The van der Waals surface area contributed by atoms with Crippen molar-refractivity contribution in [3.63, 3.8) is 0 Å². The predicted octanol–water partition coefficient (Wildman–Crippen LogP) is 2.04. The number of Topliss-reactive ketones (excluding diaryl/α,β-unsaturated/α-hetero) is 1. The Morgan fingerprint density at radius 1 is 0.952 bits per heavy atom. The Hall–Kier alpha value is -2.56. The summed E-state index contributed by atoms with van der Waals surface area (Å²) in [5, 5.41) is 10.5. The molecular formula is C16H14N2O3. The average molecular weight is 282 g/mol. The van der Waals surface area contributed by atoms with Crippen molar-refractivity contribution < 1.29 is 9.90 Å². The van der Waals surface area contributed by atoms with Gasteiger partial charge in [-0.2, -0.15) is 0 Å².